The molecule has 4 nitrogen and oxygen atoms in total. The number of rotatable bonds is 4. The summed E-state index contributed by atoms with van der Waals surface area (Å²) >= 11 is 5.63. The second-order valence-electron chi connectivity index (χ2n) is 7.34. The third-order valence-electron chi connectivity index (χ3n) is 5.80. The summed E-state index contributed by atoms with van der Waals surface area (Å²) in [5.74, 6) is 0.848. The fraction of sp³-hybridized carbons (Fsp3) is 0.650. The molecule has 3 rings (SSSR count). The normalized spacial score (nSPS) is 19.9. The summed E-state index contributed by atoms with van der Waals surface area (Å²) in [6.45, 7) is 2.08. The highest BCUT2D eigenvalue weighted by molar-refractivity contribution is 7.80. The van der Waals surface area contributed by atoms with E-state index in [0.717, 1.165) is 35.7 Å². The van der Waals surface area contributed by atoms with Crippen LogP contribution in [0.2, 0.25) is 0 Å². The minimum atomic E-state index is 0.707. The van der Waals surface area contributed by atoms with Gasteiger partial charge in [-0.3, -0.25) is 0 Å². The summed E-state index contributed by atoms with van der Waals surface area (Å²) < 4.78 is 5.28. The van der Waals surface area contributed by atoms with Crippen molar-refractivity contribution in [2.45, 2.75) is 57.0 Å². The van der Waals surface area contributed by atoms with Crippen molar-refractivity contribution in [1.82, 2.24) is 9.80 Å². The van der Waals surface area contributed by atoms with Crippen molar-refractivity contribution in [3.63, 3.8) is 0 Å². The van der Waals surface area contributed by atoms with E-state index in [1.165, 1.54) is 44.9 Å². The van der Waals surface area contributed by atoms with Gasteiger partial charge in [-0.2, -0.15) is 0 Å². The molecule has 2 fully saturated rings. The van der Waals surface area contributed by atoms with Crippen LogP contribution in [0.15, 0.2) is 24.3 Å². The summed E-state index contributed by atoms with van der Waals surface area (Å²) in [7, 11) is 4.02. The molecule has 1 aromatic rings. The molecule has 0 radical (unpaired) electrons. The van der Waals surface area contributed by atoms with Crippen molar-refractivity contribution >= 4 is 23.0 Å². The first-order chi connectivity index (χ1) is 12.2. The Morgan fingerprint density at radius 1 is 1.12 bits per heavy atom. The number of hydrogen-bond acceptors (Lipinski definition) is 3. The second kappa shape index (κ2) is 8.86. The Morgan fingerprint density at radius 2 is 1.80 bits per heavy atom. The zero-order chi connectivity index (χ0) is 17.6. The lowest BCUT2D eigenvalue weighted by Crippen LogP contribution is -2.49. The molecule has 0 spiro atoms. The lowest BCUT2D eigenvalue weighted by atomic mass is 9.92. The second-order valence-corrected chi connectivity index (χ2v) is 7.72. The van der Waals surface area contributed by atoms with E-state index in [0.29, 0.717) is 6.04 Å². The van der Waals surface area contributed by atoms with E-state index in [2.05, 4.69) is 22.2 Å². The van der Waals surface area contributed by atoms with Gasteiger partial charge in [-0.05, 0) is 57.1 Å². The number of thiocarbonyl (C=S) groups is 1. The first-order valence-electron chi connectivity index (χ1n) is 9.59. The third kappa shape index (κ3) is 4.85. The number of nitrogens with zero attached hydrogens (tertiary/aromatic N) is 2. The van der Waals surface area contributed by atoms with Gasteiger partial charge in [-0.25, -0.2) is 0 Å². The summed E-state index contributed by atoms with van der Waals surface area (Å²) in [6, 6.07) is 9.44. The van der Waals surface area contributed by atoms with Crippen LogP contribution in [0, 0.1) is 0 Å². The van der Waals surface area contributed by atoms with Crippen molar-refractivity contribution in [2.24, 2.45) is 0 Å². The summed E-state index contributed by atoms with van der Waals surface area (Å²) in [5, 5.41) is 4.18. The molecule has 1 aliphatic heterocycles. The Labute approximate surface area is 157 Å². The monoisotopic (exact) mass is 361 g/mol. The molecule has 0 atom stereocenters. The predicted octanol–water partition coefficient (Wildman–Crippen LogP) is 4.12. The molecule has 25 heavy (non-hydrogen) atoms. The molecule has 0 amide bonds. The minimum absolute atomic E-state index is 0.707. The van der Waals surface area contributed by atoms with Gasteiger partial charge in [0.25, 0.3) is 0 Å². The standard InChI is InChI=1S/C20H31N3OS/c1-22(17-8-4-3-5-9-17)18-11-13-23(14-12-18)20(25)21-16-7-6-10-19(15-16)24-2/h6-7,10,15,17-18H,3-5,8-9,11-14H2,1-2H3,(H,21,25). The molecule has 1 saturated heterocycles. The van der Waals surface area contributed by atoms with Crippen LogP contribution >= 0.6 is 12.2 Å². The molecular weight excluding hydrogens is 330 g/mol. The number of nitrogens with one attached hydrogen (secondary N) is 1. The van der Waals surface area contributed by atoms with Gasteiger partial charge in [-0.1, -0.05) is 25.3 Å². The Hall–Kier alpha value is -1.33. The zero-order valence-electron chi connectivity index (χ0n) is 15.5. The van der Waals surface area contributed by atoms with E-state index < -0.39 is 0 Å². The van der Waals surface area contributed by atoms with Crippen LogP contribution in [-0.2, 0) is 0 Å². The van der Waals surface area contributed by atoms with Crippen LogP contribution in [0.3, 0.4) is 0 Å². The number of ether oxygens (including phenoxy) is 1. The van der Waals surface area contributed by atoms with Crippen LogP contribution in [0.25, 0.3) is 0 Å². The molecule has 1 heterocycles. The molecule has 1 saturated carbocycles. The van der Waals surface area contributed by atoms with E-state index in [1.807, 2.05) is 24.3 Å². The summed E-state index contributed by atoms with van der Waals surface area (Å²) in [6.07, 6.45) is 9.40. The molecule has 1 aliphatic carbocycles. The lowest BCUT2D eigenvalue weighted by molar-refractivity contribution is 0.0985. The van der Waals surface area contributed by atoms with E-state index >= 15 is 0 Å². The maximum atomic E-state index is 5.63. The van der Waals surface area contributed by atoms with Crippen molar-refractivity contribution in [1.29, 1.82) is 0 Å². The minimum Gasteiger partial charge on any atom is -0.497 e. The van der Waals surface area contributed by atoms with Gasteiger partial charge in [0.2, 0.25) is 0 Å². The van der Waals surface area contributed by atoms with Gasteiger partial charge in [-0.15, -0.1) is 0 Å². The number of piperidine rings is 1. The van der Waals surface area contributed by atoms with E-state index in [4.69, 9.17) is 17.0 Å². The Balaban J connectivity index is 1.48. The van der Waals surface area contributed by atoms with Crippen LogP contribution < -0.4 is 10.1 Å². The fourth-order valence-corrected chi connectivity index (χ4v) is 4.47. The van der Waals surface area contributed by atoms with Gasteiger partial charge in [0.15, 0.2) is 5.11 Å². The lowest BCUT2D eigenvalue weighted by Gasteiger charge is -2.42. The molecule has 0 unspecified atom stereocenters. The predicted molar refractivity (Wildman–Crippen MR) is 108 cm³/mol. The van der Waals surface area contributed by atoms with Gasteiger partial charge in [0.05, 0.1) is 7.11 Å². The highest BCUT2D eigenvalue weighted by atomic mass is 32.1. The molecule has 0 bridgehead atoms. The molecule has 2 aliphatic rings. The highest BCUT2D eigenvalue weighted by Gasteiger charge is 2.28. The molecule has 1 aromatic carbocycles. The summed E-state index contributed by atoms with van der Waals surface area (Å²) in [4.78, 5) is 4.97. The van der Waals surface area contributed by atoms with E-state index in [9.17, 15) is 0 Å². The van der Waals surface area contributed by atoms with E-state index in [-0.39, 0.29) is 0 Å². The van der Waals surface area contributed by atoms with Crippen LogP contribution in [0.4, 0.5) is 5.69 Å². The van der Waals surface area contributed by atoms with Crippen molar-refractivity contribution in [3.05, 3.63) is 24.3 Å². The molecule has 1 N–H and O–H groups in total. The summed E-state index contributed by atoms with van der Waals surface area (Å²) in [5.41, 5.74) is 0.991. The van der Waals surface area contributed by atoms with E-state index in [1.54, 1.807) is 7.11 Å². The molecule has 138 valence electrons. The van der Waals surface area contributed by atoms with Crippen LogP contribution in [0.1, 0.15) is 44.9 Å². The highest BCUT2D eigenvalue weighted by Crippen LogP contribution is 2.26. The number of anilines is 1. The van der Waals surface area contributed by atoms with Gasteiger partial charge >= 0.3 is 0 Å². The smallest absolute Gasteiger partial charge is 0.173 e. The quantitative estimate of drug-likeness (QED) is 0.815. The SMILES string of the molecule is COc1cccc(NC(=S)N2CCC(N(C)C3CCCCC3)CC2)c1. The fourth-order valence-electron chi connectivity index (χ4n) is 4.17. The zero-order valence-corrected chi connectivity index (χ0v) is 16.4. The van der Waals surface area contributed by atoms with Crippen molar-refractivity contribution in [3.8, 4) is 5.75 Å². The topological polar surface area (TPSA) is 27.7 Å². The van der Waals surface area contributed by atoms with Gasteiger partial charge in [0.1, 0.15) is 5.75 Å². The number of benzene rings is 1. The van der Waals surface area contributed by atoms with Crippen molar-refractivity contribution < 1.29 is 4.74 Å². The number of likely N-dealkylation sites (tertiary alicyclic amines) is 1. The number of hydrogen-bond donors (Lipinski definition) is 1. The van der Waals surface area contributed by atoms with Gasteiger partial charge in [0, 0.05) is 36.9 Å². The molecule has 5 heteroatoms. The third-order valence-corrected chi connectivity index (χ3v) is 6.16. The maximum Gasteiger partial charge on any atom is 0.173 e. The Morgan fingerprint density at radius 3 is 2.48 bits per heavy atom. The first-order valence-corrected chi connectivity index (χ1v) is 10.00. The first kappa shape index (κ1) is 18.5. The molecular formula is C20H31N3OS. The average molecular weight is 362 g/mol. The number of methoxy groups -OCH3 is 1. The maximum absolute atomic E-state index is 5.63. The Bertz CT molecular complexity index is 566. The Kier molecular flexibility index (Phi) is 6.54. The largest absolute Gasteiger partial charge is 0.497 e. The van der Waals surface area contributed by atoms with Crippen LogP contribution in [-0.4, -0.2) is 54.2 Å². The average Bonchev–Trinajstić information content (AvgIpc) is 2.68. The van der Waals surface area contributed by atoms with Crippen molar-refractivity contribution in [2.75, 3.05) is 32.6 Å². The van der Waals surface area contributed by atoms with Crippen LogP contribution in [0.5, 0.6) is 5.75 Å². The van der Waals surface area contributed by atoms with Gasteiger partial charge < -0.3 is 19.9 Å². The molecule has 0 aromatic heterocycles.